The van der Waals surface area contributed by atoms with Gasteiger partial charge in [0.2, 0.25) is 0 Å². The van der Waals surface area contributed by atoms with Crippen LogP contribution in [0.15, 0.2) is 41.8 Å². The average molecular weight is 286 g/mol. The smallest absolute Gasteiger partial charge is 0.191 e. The number of hydrogen-bond donors (Lipinski definition) is 2. The van der Waals surface area contributed by atoms with E-state index in [9.17, 15) is 0 Å². The average Bonchev–Trinajstić information content (AvgIpc) is 3.02. The lowest BCUT2D eigenvalue weighted by Gasteiger charge is -2.13. The van der Waals surface area contributed by atoms with Crippen LogP contribution in [-0.2, 0) is 6.54 Å². The normalized spacial score (nSPS) is 11.7. The van der Waals surface area contributed by atoms with Crippen LogP contribution in [-0.4, -0.2) is 34.3 Å². The summed E-state index contributed by atoms with van der Waals surface area (Å²) < 4.78 is 1.75. The van der Waals surface area contributed by atoms with Crippen molar-refractivity contribution >= 4 is 5.96 Å². The molecule has 2 heterocycles. The van der Waals surface area contributed by atoms with E-state index in [1.165, 1.54) is 0 Å². The third kappa shape index (κ3) is 4.59. The van der Waals surface area contributed by atoms with Gasteiger partial charge in [-0.25, -0.2) is 9.67 Å². The van der Waals surface area contributed by atoms with E-state index in [2.05, 4.69) is 39.6 Å². The van der Waals surface area contributed by atoms with Crippen molar-refractivity contribution in [2.24, 2.45) is 10.9 Å². The lowest BCUT2D eigenvalue weighted by Crippen LogP contribution is -2.38. The number of pyridine rings is 1. The maximum Gasteiger partial charge on any atom is 0.191 e. The van der Waals surface area contributed by atoms with Crippen molar-refractivity contribution in [3.05, 3.63) is 42.4 Å². The molecule has 0 aliphatic carbocycles. The molecule has 0 radical (unpaired) electrons. The monoisotopic (exact) mass is 286 g/mol. The summed E-state index contributed by atoms with van der Waals surface area (Å²) in [5.41, 5.74) is 1.13. The van der Waals surface area contributed by atoms with Gasteiger partial charge >= 0.3 is 0 Å². The van der Waals surface area contributed by atoms with Gasteiger partial charge in [-0.05, 0) is 29.7 Å². The number of nitrogens with one attached hydrogen (secondary N) is 2. The topological polar surface area (TPSA) is 67.1 Å². The number of guanidine groups is 1. The second kappa shape index (κ2) is 7.42. The molecular formula is C15H22N6. The van der Waals surface area contributed by atoms with Crippen LogP contribution in [0, 0.1) is 5.92 Å². The Balaban J connectivity index is 1.95. The van der Waals surface area contributed by atoms with E-state index in [4.69, 9.17) is 0 Å². The van der Waals surface area contributed by atoms with E-state index in [-0.39, 0.29) is 0 Å². The van der Waals surface area contributed by atoms with Crippen molar-refractivity contribution in [1.82, 2.24) is 25.4 Å². The quantitative estimate of drug-likeness (QED) is 0.647. The zero-order valence-corrected chi connectivity index (χ0v) is 12.7. The van der Waals surface area contributed by atoms with Gasteiger partial charge in [0.15, 0.2) is 11.8 Å². The van der Waals surface area contributed by atoms with Crippen LogP contribution in [0.25, 0.3) is 5.82 Å². The standard InChI is InChI=1S/C15H22N6/c1-12(2)10-18-15(16-3)19-11-13-5-7-17-14(9-13)21-8-4-6-20-21/h4-9,12H,10-11H2,1-3H3,(H2,16,18,19). The molecule has 2 aromatic heterocycles. The van der Waals surface area contributed by atoms with Gasteiger partial charge in [0, 0.05) is 38.7 Å². The summed E-state index contributed by atoms with van der Waals surface area (Å²) in [6.07, 6.45) is 5.41. The molecule has 0 aliphatic rings. The predicted molar refractivity (Wildman–Crippen MR) is 84.4 cm³/mol. The molecule has 6 heteroatoms. The van der Waals surface area contributed by atoms with Crippen LogP contribution < -0.4 is 10.6 Å². The minimum absolute atomic E-state index is 0.580. The van der Waals surface area contributed by atoms with Gasteiger partial charge in [-0.1, -0.05) is 13.8 Å². The first-order valence-electron chi connectivity index (χ1n) is 7.08. The van der Waals surface area contributed by atoms with Crippen LogP contribution in [0.2, 0.25) is 0 Å². The molecule has 0 atom stereocenters. The van der Waals surface area contributed by atoms with Crippen LogP contribution in [0.4, 0.5) is 0 Å². The lowest BCUT2D eigenvalue weighted by atomic mass is 10.2. The van der Waals surface area contributed by atoms with E-state index in [0.717, 1.165) is 23.9 Å². The summed E-state index contributed by atoms with van der Waals surface area (Å²) in [4.78, 5) is 8.52. The van der Waals surface area contributed by atoms with Gasteiger partial charge < -0.3 is 10.6 Å². The van der Waals surface area contributed by atoms with Crippen LogP contribution in [0.5, 0.6) is 0 Å². The first-order valence-corrected chi connectivity index (χ1v) is 7.08. The molecule has 112 valence electrons. The Morgan fingerprint density at radius 3 is 2.86 bits per heavy atom. The molecule has 0 unspecified atom stereocenters. The van der Waals surface area contributed by atoms with Gasteiger partial charge in [0.1, 0.15) is 0 Å². The zero-order valence-electron chi connectivity index (χ0n) is 12.7. The molecule has 0 saturated heterocycles. The molecule has 2 N–H and O–H groups in total. The molecule has 0 aromatic carbocycles. The highest BCUT2D eigenvalue weighted by atomic mass is 15.3. The number of aromatic nitrogens is 3. The fraction of sp³-hybridized carbons (Fsp3) is 0.400. The molecule has 2 rings (SSSR count). The zero-order chi connectivity index (χ0) is 15.1. The number of aliphatic imine (C=N–C) groups is 1. The van der Waals surface area contributed by atoms with E-state index >= 15 is 0 Å². The minimum Gasteiger partial charge on any atom is -0.356 e. The van der Waals surface area contributed by atoms with Crippen molar-refractivity contribution < 1.29 is 0 Å². The van der Waals surface area contributed by atoms with E-state index in [0.29, 0.717) is 12.5 Å². The van der Waals surface area contributed by atoms with Crippen molar-refractivity contribution in [1.29, 1.82) is 0 Å². The first kappa shape index (κ1) is 15.0. The van der Waals surface area contributed by atoms with Gasteiger partial charge in [-0.15, -0.1) is 0 Å². The SMILES string of the molecule is CN=C(NCc1ccnc(-n2cccn2)c1)NCC(C)C. The summed E-state index contributed by atoms with van der Waals surface area (Å²) in [7, 11) is 1.78. The summed E-state index contributed by atoms with van der Waals surface area (Å²) in [6.45, 7) is 5.92. The van der Waals surface area contributed by atoms with Crippen LogP contribution >= 0.6 is 0 Å². The number of hydrogen-bond acceptors (Lipinski definition) is 3. The Kier molecular flexibility index (Phi) is 5.31. The molecule has 0 saturated carbocycles. The molecule has 0 spiro atoms. The highest BCUT2D eigenvalue weighted by Gasteiger charge is 2.02. The first-order chi connectivity index (χ1) is 10.2. The highest BCUT2D eigenvalue weighted by Crippen LogP contribution is 2.05. The molecular weight excluding hydrogens is 264 g/mol. The molecule has 2 aromatic rings. The molecule has 6 nitrogen and oxygen atoms in total. The van der Waals surface area contributed by atoms with E-state index < -0.39 is 0 Å². The number of rotatable bonds is 5. The second-order valence-electron chi connectivity index (χ2n) is 5.17. The third-order valence-electron chi connectivity index (χ3n) is 2.91. The number of nitrogens with zero attached hydrogens (tertiary/aromatic N) is 4. The molecule has 0 aliphatic heterocycles. The van der Waals surface area contributed by atoms with Gasteiger partial charge in [-0.3, -0.25) is 4.99 Å². The summed E-state index contributed by atoms with van der Waals surface area (Å²) in [5.74, 6) is 2.20. The van der Waals surface area contributed by atoms with Crippen molar-refractivity contribution in [2.45, 2.75) is 20.4 Å². The van der Waals surface area contributed by atoms with E-state index in [1.54, 1.807) is 24.1 Å². The minimum atomic E-state index is 0.580. The Labute approximate surface area is 125 Å². The van der Waals surface area contributed by atoms with E-state index in [1.807, 2.05) is 24.4 Å². The fourth-order valence-electron chi connectivity index (χ4n) is 1.81. The third-order valence-corrected chi connectivity index (χ3v) is 2.91. The molecule has 0 amide bonds. The predicted octanol–water partition coefficient (Wildman–Crippen LogP) is 1.59. The fourth-order valence-corrected chi connectivity index (χ4v) is 1.81. The Morgan fingerprint density at radius 1 is 1.33 bits per heavy atom. The van der Waals surface area contributed by atoms with Gasteiger partial charge in [0.25, 0.3) is 0 Å². The summed E-state index contributed by atoms with van der Waals surface area (Å²) >= 11 is 0. The van der Waals surface area contributed by atoms with Gasteiger partial charge in [-0.2, -0.15) is 5.10 Å². The molecule has 0 bridgehead atoms. The maximum absolute atomic E-state index is 4.32. The summed E-state index contributed by atoms with van der Waals surface area (Å²) in [5, 5.41) is 10.8. The van der Waals surface area contributed by atoms with Gasteiger partial charge in [0.05, 0.1) is 0 Å². The maximum atomic E-state index is 4.32. The summed E-state index contributed by atoms with van der Waals surface area (Å²) in [6, 6.07) is 5.87. The highest BCUT2D eigenvalue weighted by molar-refractivity contribution is 5.79. The largest absolute Gasteiger partial charge is 0.356 e. The molecule has 21 heavy (non-hydrogen) atoms. The Bertz CT molecular complexity index is 574. The Morgan fingerprint density at radius 2 is 2.19 bits per heavy atom. The van der Waals surface area contributed by atoms with Crippen LogP contribution in [0.1, 0.15) is 19.4 Å². The second-order valence-corrected chi connectivity index (χ2v) is 5.17. The van der Waals surface area contributed by atoms with Crippen molar-refractivity contribution in [3.8, 4) is 5.82 Å². The molecule has 0 fully saturated rings. The lowest BCUT2D eigenvalue weighted by molar-refractivity contribution is 0.614. The van der Waals surface area contributed by atoms with Crippen LogP contribution in [0.3, 0.4) is 0 Å². The van der Waals surface area contributed by atoms with Crippen molar-refractivity contribution in [2.75, 3.05) is 13.6 Å². The Hall–Kier alpha value is -2.37. The van der Waals surface area contributed by atoms with Crippen molar-refractivity contribution in [3.63, 3.8) is 0 Å².